The molecule has 20 heavy (non-hydrogen) atoms. The van der Waals surface area contributed by atoms with Crippen LogP contribution in [0.3, 0.4) is 0 Å². The Morgan fingerprint density at radius 2 is 1.95 bits per heavy atom. The van der Waals surface area contributed by atoms with Gasteiger partial charge in [0.2, 0.25) is 0 Å². The second-order valence-corrected chi connectivity index (χ2v) is 5.57. The van der Waals surface area contributed by atoms with Crippen molar-refractivity contribution in [3.05, 3.63) is 58.0 Å². The summed E-state index contributed by atoms with van der Waals surface area (Å²) in [6.07, 6.45) is -0.602. The van der Waals surface area contributed by atoms with Gasteiger partial charge < -0.3 is 10.1 Å². The number of hydrogen-bond donors (Lipinski definition) is 1. The van der Waals surface area contributed by atoms with E-state index in [1.807, 2.05) is 24.3 Å². The van der Waals surface area contributed by atoms with E-state index in [2.05, 4.69) is 21.2 Å². The fourth-order valence-electron chi connectivity index (χ4n) is 1.58. The van der Waals surface area contributed by atoms with Crippen LogP contribution in [0.4, 0.5) is 5.69 Å². The quantitative estimate of drug-likeness (QED) is 0.877. The zero-order valence-corrected chi connectivity index (χ0v) is 13.1. The molecule has 0 bridgehead atoms. The summed E-state index contributed by atoms with van der Waals surface area (Å²) >= 11 is 9.15. The Morgan fingerprint density at radius 3 is 2.60 bits per heavy atom. The van der Waals surface area contributed by atoms with Gasteiger partial charge in [-0.1, -0.05) is 33.6 Å². The van der Waals surface area contributed by atoms with Crippen LogP contribution >= 0.6 is 27.5 Å². The standard InChI is InChI=1S/C15H13BrClNO2/c1-10(20-14-7-5-12(17)6-8-14)15(19)18-13-4-2-3-11(16)9-13/h2-10H,1H3,(H,18,19)/t10-/m1/s1. The van der Waals surface area contributed by atoms with Crippen molar-refractivity contribution in [1.82, 2.24) is 0 Å². The van der Waals surface area contributed by atoms with Crippen molar-refractivity contribution in [2.45, 2.75) is 13.0 Å². The highest BCUT2D eigenvalue weighted by Gasteiger charge is 2.14. The van der Waals surface area contributed by atoms with E-state index in [9.17, 15) is 4.79 Å². The van der Waals surface area contributed by atoms with Crippen LogP contribution in [-0.2, 0) is 4.79 Å². The van der Waals surface area contributed by atoms with E-state index in [0.29, 0.717) is 10.8 Å². The molecule has 0 saturated heterocycles. The van der Waals surface area contributed by atoms with Gasteiger partial charge in [-0.3, -0.25) is 4.79 Å². The lowest BCUT2D eigenvalue weighted by Crippen LogP contribution is -2.30. The average molecular weight is 355 g/mol. The number of ether oxygens (including phenoxy) is 1. The molecule has 1 N–H and O–H groups in total. The van der Waals surface area contributed by atoms with Gasteiger partial charge in [-0.25, -0.2) is 0 Å². The van der Waals surface area contributed by atoms with Gasteiger partial charge in [0.15, 0.2) is 6.10 Å². The Labute approximate surface area is 131 Å². The summed E-state index contributed by atoms with van der Waals surface area (Å²) in [6, 6.07) is 14.3. The summed E-state index contributed by atoms with van der Waals surface area (Å²) in [6.45, 7) is 1.70. The van der Waals surface area contributed by atoms with E-state index < -0.39 is 6.10 Å². The number of anilines is 1. The lowest BCUT2D eigenvalue weighted by molar-refractivity contribution is -0.122. The van der Waals surface area contributed by atoms with Gasteiger partial charge in [0, 0.05) is 15.2 Å². The molecule has 0 spiro atoms. The van der Waals surface area contributed by atoms with Gasteiger partial charge in [-0.05, 0) is 49.4 Å². The molecule has 0 aromatic heterocycles. The van der Waals surface area contributed by atoms with Crippen LogP contribution in [0.25, 0.3) is 0 Å². The topological polar surface area (TPSA) is 38.3 Å². The van der Waals surface area contributed by atoms with Crippen LogP contribution in [0.5, 0.6) is 5.75 Å². The first-order valence-electron chi connectivity index (χ1n) is 6.03. The van der Waals surface area contributed by atoms with E-state index in [-0.39, 0.29) is 5.91 Å². The van der Waals surface area contributed by atoms with Crippen molar-refractivity contribution in [3.8, 4) is 5.75 Å². The zero-order chi connectivity index (χ0) is 14.5. The molecule has 1 atom stereocenters. The first kappa shape index (κ1) is 14.9. The minimum atomic E-state index is -0.602. The van der Waals surface area contributed by atoms with E-state index in [0.717, 1.165) is 10.2 Å². The number of rotatable bonds is 4. The van der Waals surface area contributed by atoms with Crippen molar-refractivity contribution >= 4 is 39.1 Å². The molecule has 1 amide bonds. The highest BCUT2D eigenvalue weighted by molar-refractivity contribution is 9.10. The molecule has 0 fully saturated rings. The number of benzene rings is 2. The van der Waals surface area contributed by atoms with Crippen molar-refractivity contribution in [2.75, 3.05) is 5.32 Å². The maximum absolute atomic E-state index is 12.0. The summed E-state index contributed by atoms with van der Waals surface area (Å²) in [5.74, 6) is 0.393. The summed E-state index contributed by atoms with van der Waals surface area (Å²) < 4.78 is 6.46. The smallest absolute Gasteiger partial charge is 0.265 e. The van der Waals surface area contributed by atoms with Gasteiger partial charge in [0.25, 0.3) is 5.91 Å². The van der Waals surface area contributed by atoms with Gasteiger partial charge in [-0.15, -0.1) is 0 Å². The molecule has 0 unspecified atom stereocenters. The van der Waals surface area contributed by atoms with Crippen LogP contribution in [0.2, 0.25) is 5.02 Å². The summed E-state index contributed by atoms with van der Waals surface area (Å²) in [4.78, 5) is 12.0. The zero-order valence-electron chi connectivity index (χ0n) is 10.8. The number of nitrogens with one attached hydrogen (secondary N) is 1. The van der Waals surface area contributed by atoms with Gasteiger partial charge in [0.05, 0.1) is 0 Å². The molecule has 5 heteroatoms. The number of hydrogen-bond acceptors (Lipinski definition) is 2. The largest absolute Gasteiger partial charge is 0.481 e. The minimum Gasteiger partial charge on any atom is -0.481 e. The number of carbonyl (C=O) groups excluding carboxylic acids is 1. The summed E-state index contributed by atoms with van der Waals surface area (Å²) in [5, 5.41) is 3.42. The van der Waals surface area contributed by atoms with Crippen molar-refractivity contribution in [1.29, 1.82) is 0 Å². The molecule has 0 radical (unpaired) electrons. The van der Waals surface area contributed by atoms with E-state index in [4.69, 9.17) is 16.3 Å². The third-order valence-electron chi connectivity index (χ3n) is 2.59. The third-order valence-corrected chi connectivity index (χ3v) is 3.33. The molecule has 0 aliphatic rings. The predicted molar refractivity (Wildman–Crippen MR) is 84.3 cm³/mol. The molecule has 3 nitrogen and oxygen atoms in total. The first-order chi connectivity index (χ1) is 9.54. The molecule has 0 aliphatic heterocycles. The molecular weight excluding hydrogens is 342 g/mol. The molecule has 0 saturated carbocycles. The van der Waals surface area contributed by atoms with E-state index in [1.165, 1.54) is 0 Å². The predicted octanol–water partition coefficient (Wildman–Crippen LogP) is 4.51. The summed E-state index contributed by atoms with van der Waals surface area (Å²) in [5.41, 5.74) is 0.718. The second kappa shape index (κ2) is 6.77. The Hall–Kier alpha value is -1.52. The maximum atomic E-state index is 12.0. The fourth-order valence-corrected chi connectivity index (χ4v) is 2.11. The average Bonchev–Trinajstić information content (AvgIpc) is 2.41. The Kier molecular flexibility index (Phi) is 5.04. The normalized spacial score (nSPS) is 11.8. The Bertz CT molecular complexity index is 601. The molecule has 2 rings (SSSR count). The van der Waals surface area contributed by atoms with Gasteiger partial charge in [-0.2, -0.15) is 0 Å². The number of carbonyl (C=O) groups is 1. The minimum absolute atomic E-state index is 0.210. The highest BCUT2D eigenvalue weighted by atomic mass is 79.9. The Balaban J connectivity index is 1.96. The highest BCUT2D eigenvalue weighted by Crippen LogP contribution is 2.18. The van der Waals surface area contributed by atoms with E-state index in [1.54, 1.807) is 31.2 Å². The molecular formula is C15H13BrClNO2. The maximum Gasteiger partial charge on any atom is 0.265 e. The van der Waals surface area contributed by atoms with Gasteiger partial charge in [0.1, 0.15) is 5.75 Å². The molecule has 2 aromatic rings. The van der Waals surface area contributed by atoms with Crippen LogP contribution in [0, 0.1) is 0 Å². The van der Waals surface area contributed by atoms with Gasteiger partial charge >= 0.3 is 0 Å². The lowest BCUT2D eigenvalue weighted by Gasteiger charge is -2.14. The van der Waals surface area contributed by atoms with Crippen molar-refractivity contribution in [2.24, 2.45) is 0 Å². The molecule has 0 aliphatic carbocycles. The third kappa shape index (κ3) is 4.25. The molecule has 104 valence electrons. The number of halogens is 2. The lowest BCUT2D eigenvalue weighted by atomic mass is 10.3. The molecule has 0 heterocycles. The van der Waals surface area contributed by atoms with Crippen LogP contribution in [0.15, 0.2) is 53.0 Å². The number of amides is 1. The van der Waals surface area contributed by atoms with Crippen LogP contribution in [0.1, 0.15) is 6.92 Å². The Morgan fingerprint density at radius 1 is 1.25 bits per heavy atom. The molecule has 2 aromatic carbocycles. The van der Waals surface area contributed by atoms with Crippen molar-refractivity contribution in [3.63, 3.8) is 0 Å². The van der Waals surface area contributed by atoms with Crippen LogP contribution in [-0.4, -0.2) is 12.0 Å². The summed E-state index contributed by atoms with van der Waals surface area (Å²) in [7, 11) is 0. The van der Waals surface area contributed by atoms with Crippen molar-refractivity contribution < 1.29 is 9.53 Å². The fraction of sp³-hybridized carbons (Fsp3) is 0.133. The van der Waals surface area contributed by atoms with Crippen LogP contribution < -0.4 is 10.1 Å². The van der Waals surface area contributed by atoms with E-state index >= 15 is 0 Å². The first-order valence-corrected chi connectivity index (χ1v) is 7.20. The second-order valence-electron chi connectivity index (χ2n) is 4.21. The monoisotopic (exact) mass is 353 g/mol. The SMILES string of the molecule is C[C@@H](Oc1ccc(Cl)cc1)C(=O)Nc1cccc(Br)c1.